The molecule has 3 aromatic heterocycles. The molecule has 1 fully saturated rings. The van der Waals surface area contributed by atoms with E-state index in [2.05, 4.69) is 19.9 Å². The Balaban J connectivity index is 1.95. The molecule has 0 unspecified atom stereocenters. The Hall–Kier alpha value is -1.96. The fourth-order valence-corrected chi connectivity index (χ4v) is 2.91. The number of halogens is 1. The lowest BCUT2D eigenvalue weighted by Crippen LogP contribution is -2.36. The van der Waals surface area contributed by atoms with E-state index in [1.54, 1.807) is 6.20 Å². The first-order chi connectivity index (χ1) is 11.1. The van der Waals surface area contributed by atoms with E-state index in [1.807, 2.05) is 13.0 Å². The predicted octanol–water partition coefficient (Wildman–Crippen LogP) is 2.28. The van der Waals surface area contributed by atoms with Gasteiger partial charge in [0.25, 0.3) is 0 Å². The Morgan fingerprint density at radius 3 is 2.83 bits per heavy atom. The van der Waals surface area contributed by atoms with Crippen molar-refractivity contribution in [2.45, 2.75) is 13.0 Å². The maximum Gasteiger partial charge on any atom is 0.229 e. The Morgan fingerprint density at radius 2 is 2.09 bits per heavy atom. The molecular weight excluding hydrogens is 318 g/mol. The molecule has 2 N–H and O–H groups in total. The van der Waals surface area contributed by atoms with Gasteiger partial charge in [-0.05, 0) is 30.2 Å². The van der Waals surface area contributed by atoms with Crippen LogP contribution in [0.4, 0.5) is 5.82 Å². The lowest BCUT2D eigenvalue weighted by molar-refractivity contribution is 0.122. The van der Waals surface area contributed by atoms with Crippen molar-refractivity contribution in [2.75, 3.05) is 31.2 Å². The van der Waals surface area contributed by atoms with Gasteiger partial charge in [0.05, 0.1) is 18.6 Å². The van der Waals surface area contributed by atoms with Gasteiger partial charge in [-0.25, -0.2) is 9.97 Å². The van der Waals surface area contributed by atoms with Crippen molar-refractivity contribution in [3.05, 3.63) is 23.1 Å². The van der Waals surface area contributed by atoms with E-state index in [1.165, 1.54) is 0 Å². The first kappa shape index (κ1) is 14.6. The lowest BCUT2D eigenvalue weighted by atomic mass is 10.1. The van der Waals surface area contributed by atoms with Gasteiger partial charge in [0.1, 0.15) is 5.52 Å². The maximum absolute atomic E-state index is 6.14. The average molecular weight is 334 g/mol. The van der Waals surface area contributed by atoms with E-state index in [0.717, 1.165) is 24.0 Å². The highest BCUT2D eigenvalue weighted by Crippen LogP contribution is 2.34. The number of fused-ring (bicyclic) bond motifs is 3. The van der Waals surface area contributed by atoms with Crippen LogP contribution in [0.25, 0.3) is 22.2 Å². The quantitative estimate of drug-likeness (QED) is 0.719. The van der Waals surface area contributed by atoms with Gasteiger partial charge in [0.15, 0.2) is 11.4 Å². The highest BCUT2D eigenvalue weighted by Gasteiger charge is 2.22. The Morgan fingerprint density at radius 1 is 1.30 bits per heavy atom. The summed E-state index contributed by atoms with van der Waals surface area (Å²) in [6, 6.07) is 1.83. The first-order valence-corrected chi connectivity index (χ1v) is 7.85. The smallest absolute Gasteiger partial charge is 0.229 e. The molecule has 1 aliphatic rings. The minimum absolute atomic E-state index is 0.118. The minimum Gasteiger partial charge on any atom is -0.432 e. The minimum atomic E-state index is -0.118. The molecular formula is C15H16ClN5O2. The van der Waals surface area contributed by atoms with Gasteiger partial charge in [-0.2, -0.15) is 4.98 Å². The monoisotopic (exact) mass is 333 g/mol. The lowest BCUT2D eigenvalue weighted by Gasteiger charge is -2.27. The molecule has 3 aromatic rings. The number of ether oxygens (including phenoxy) is 1. The molecule has 0 aliphatic carbocycles. The molecule has 120 valence electrons. The highest BCUT2D eigenvalue weighted by molar-refractivity contribution is 6.29. The second-order valence-corrected chi connectivity index (χ2v) is 5.94. The first-order valence-electron chi connectivity index (χ1n) is 7.47. The van der Waals surface area contributed by atoms with Gasteiger partial charge in [-0.15, -0.1) is 0 Å². The molecule has 0 bridgehead atoms. The summed E-state index contributed by atoms with van der Waals surface area (Å²) in [5.74, 6) is 0.684. The summed E-state index contributed by atoms with van der Waals surface area (Å²) in [5.41, 5.74) is 8.63. The third-order valence-electron chi connectivity index (χ3n) is 3.98. The van der Waals surface area contributed by atoms with E-state index >= 15 is 0 Å². The molecule has 7 nitrogen and oxygen atoms in total. The van der Waals surface area contributed by atoms with Crippen molar-refractivity contribution in [3.8, 4) is 0 Å². The summed E-state index contributed by atoms with van der Waals surface area (Å²) >= 11 is 6.14. The SMILES string of the molecule is C[C@@H](N)c1cnc2oc3c(N4CCOCC4)nc(Cl)nc3c2c1. The molecule has 23 heavy (non-hydrogen) atoms. The molecule has 1 aliphatic heterocycles. The zero-order valence-electron chi connectivity index (χ0n) is 12.6. The van der Waals surface area contributed by atoms with Gasteiger partial charge < -0.3 is 19.8 Å². The molecule has 0 aromatic carbocycles. The second kappa shape index (κ2) is 5.59. The largest absolute Gasteiger partial charge is 0.432 e. The third kappa shape index (κ3) is 2.50. The Bertz CT molecular complexity index is 873. The standard InChI is InChI=1S/C15H16ClN5O2/c1-8(17)9-6-10-11-12(23-14(10)18-7-9)13(20-15(16)19-11)21-2-4-22-5-3-21/h6-8H,2-5,17H2,1H3/t8-/m1/s1. The maximum atomic E-state index is 6.14. The van der Waals surface area contributed by atoms with Crippen molar-refractivity contribution < 1.29 is 9.15 Å². The summed E-state index contributed by atoms with van der Waals surface area (Å²) in [7, 11) is 0. The number of anilines is 1. The molecule has 0 spiro atoms. The van der Waals surface area contributed by atoms with Crippen molar-refractivity contribution in [1.29, 1.82) is 0 Å². The van der Waals surface area contributed by atoms with Crippen LogP contribution in [-0.4, -0.2) is 41.3 Å². The summed E-state index contributed by atoms with van der Waals surface area (Å²) in [6.07, 6.45) is 1.72. The number of hydrogen-bond acceptors (Lipinski definition) is 7. The van der Waals surface area contributed by atoms with E-state index in [0.29, 0.717) is 35.8 Å². The second-order valence-electron chi connectivity index (χ2n) is 5.61. The number of hydrogen-bond donors (Lipinski definition) is 1. The van der Waals surface area contributed by atoms with Gasteiger partial charge >= 0.3 is 0 Å². The number of furan rings is 1. The van der Waals surface area contributed by atoms with Gasteiger partial charge in [-0.3, -0.25) is 0 Å². The molecule has 0 saturated carbocycles. The van der Waals surface area contributed by atoms with Crippen LogP contribution in [0, 0.1) is 0 Å². The van der Waals surface area contributed by atoms with Crippen LogP contribution in [0.1, 0.15) is 18.5 Å². The predicted molar refractivity (Wildman–Crippen MR) is 87.7 cm³/mol. The Labute approximate surface area is 137 Å². The number of rotatable bonds is 2. The fourth-order valence-electron chi connectivity index (χ4n) is 2.74. The van der Waals surface area contributed by atoms with Crippen LogP contribution < -0.4 is 10.6 Å². The number of nitrogens with two attached hydrogens (primary N) is 1. The van der Waals surface area contributed by atoms with Crippen molar-refractivity contribution in [2.24, 2.45) is 5.73 Å². The number of pyridine rings is 1. The topological polar surface area (TPSA) is 90.3 Å². The summed E-state index contributed by atoms with van der Waals surface area (Å²) < 4.78 is 11.3. The summed E-state index contributed by atoms with van der Waals surface area (Å²) in [4.78, 5) is 15.1. The third-order valence-corrected chi connectivity index (χ3v) is 4.15. The average Bonchev–Trinajstić information content (AvgIpc) is 2.92. The summed E-state index contributed by atoms with van der Waals surface area (Å²) in [6.45, 7) is 4.68. The van der Waals surface area contributed by atoms with Gasteiger partial charge in [0, 0.05) is 25.3 Å². The van der Waals surface area contributed by atoms with Crippen molar-refractivity contribution in [1.82, 2.24) is 15.0 Å². The zero-order chi connectivity index (χ0) is 16.0. The van der Waals surface area contributed by atoms with Crippen LogP contribution in [-0.2, 0) is 4.74 Å². The van der Waals surface area contributed by atoms with Crippen LogP contribution in [0.2, 0.25) is 5.28 Å². The van der Waals surface area contributed by atoms with Crippen LogP contribution in [0.15, 0.2) is 16.7 Å². The van der Waals surface area contributed by atoms with E-state index in [-0.39, 0.29) is 11.3 Å². The normalized spacial score (nSPS) is 17.1. The van der Waals surface area contributed by atoms with Crippen LogP contribution >= 0.6 is 11.6 Å². The van der Waals surface area contributed by atoms with Gasteiger partial charge in [-0.1, -0.05) is 0 Å². The number of aromatic nitrogens is 3. The fraction of sp³-hybridized carbons (Fsp3) is 0.400. The molecule has 1 saturated heterocycles. The van der Waals surface area contributed by atoms with Gasteiger partial charge in [0.2, 0.25) is 11.0 Å². The molecule has 0 amide bonds. The Kier molecular flexibility index (Phi) is 3.56. The molecule has 4 rings (SSSR count). The van der Waals surface area contributed by atoms with Crippen molar-refractivity contribution in [3.63, 3.8) is 0 Å². The van der Waals surface area contributed by atoms with Crippen LogP contribution in [0.5, 0.6) is 0 Å². The van der Waals surface area contributed by atoms with Crippen molar-refractivity contribution >= 4 is 39.6 Å². The zero-order valence-corrected chi connectivity index (χ0v) is 13.4. The van der Waals surface area contributed by atoms with Crippen LogP contribution in [0.3, 0.4) is 0 Å². The molecule has 0 radical (unpaired) electrons. The highest BCUT2D eigenvalue weighted by atomic mass is 35.5. The molecule has 8 heteroatoms. The number of morpholine rings is 1. The molecule has 4 heterocycles. The van der Waals surface area contributed by atoms with E-state index < -0.39 is 0 Å². The summed E-state index contributed by atoms with van der Waals surface area (Å²) in [5, 5.41) is 0.988. The number of nitrogens with zero attached hydrogens (tertiary/aromatic N) is 4. The van der Waals surface area contributed by atoms with E-state index in [4.69, 9.17) is 26.5 Å². The molecule has 1 atom stereocenters. The van der Waals surface area contributed by atoms with E-state index in [9.17, 15) is 0 Å².